The largest absolute Gasteiger partial charge is 0.483 e. The van der Waals surface area contributed by atoms with Gasteiger partial charge in [-0.25, -0.2) is 18.4 Å². The molecule has 0 saturated carbocycles. The molecule has 3 N–H and O–H groups in total. The van der Waals surface area contributed by atoms with Crippen LogP contribution in [0.4, 0.5) is 0 Å². The van der Waals surface area contributed by atoms with Gasteiger partial charge in [-0.15, -0.1) is 0 Å². The fourth-order valence-electron chi connectivity index (χ4n) is 3.24. The summed E-state index contributed by atoms with van der Waals surface area (Å²) in [5, 5.41) is 8.67. The Morgan fingerprint density at radius 2 is 1.87 bits per heavy atom. The van der Waals surface area contributed by atoms with E-state index in [4.69, 9.17) is 14.3 Å². The normalized spacial score (nSPS) is 11.5. The highest BCUT2D eigenvalue weighted by molar-refractivity contribution is 7.89. The summed E-state index contributed by atoms with van der Waals surface area (Å²) in [6, 6.07) is 11.2. The number of rotatable bonds is 8. The molecule has 0 saturated heterocycles. The Hall–Kier alpha value is -3.17. The minimum absolute atomic E-state index is 0.0429. The maximum absolute atomic E-state index is 12.1. The van der Waals surface area contributed by atoms with E-state index in [1.165, 1.54) is 18.2 Å². The van der Waals surface area contributed by atoms with E-state index < -0.39 is 15.6 Å². The van der Waals surface area contributed by atoms with Crippen molar-refractivity contribution in [1.82, 2.24) is 5.32 Å². The van der Waals surface area contributed by atoms with E-state index in [0.29, 0.717) is 36.3 Å². The first-order valence-electron chi connectivity index (χ1n) is 9.76. The lowest BCUT2D eigenvalue weighted by Crippen LogP contribution is -2.30. The summed E-state index contributed by atoms with van der Waals surface area (Å²) in [5.41, 5.74) is 2.47. The molecule has 3 aromatic rings. The Bertz CT molecular complexity index is 1260. The van der Waals surface area contributed by atoms with E-state index >= 15 is 0 Å². The number of primary sulfonamides is 1. The van der Waals surface area contributed by atoms with Crippen LogP contribution in [0, 0.1) is 6.92 Å². The van der Waals surface area contributed by atoms with Crippen molar-refractivity contribution in [3.05, 3.63) is 69.6 Å². The van der Waals surface area contributed by atoms with Crippen LogP contribution in [0.15, 0.2) is 56.6 Å². The minimum atomic E-state index is -3.72. The van der Waals surface area contributed by atoms with E-state index in [9.17, 15) is 18.0 Å². The molecule has 0 fully saturated rings. The standard InChI is InChI=1S/C22H24N2O6S/c1-3-16-12-21(26)30-22-14(2)19(9-8-18(16)22)29-13-20(25)24-11-10-15-4-6-17(7-5-15)31(23,27)28/h4-9,12H,3,10-11,13H2,1-2H3,(H,24,25)(H2,23,27,28). The number of nitrogens with two attached hydrogens (primary N) is 1. The highest BCUT2D eigenvalue weighted by Gasteiger charge is 2.12. The number of carbonyl (C=O) groups excluding carboxylic acids is 1. The van der Waals surface area contributed by atoms with Gasteiger partial charge in [0.2, 0.25) is 10.0 Å². The third-order valence-electron chi connectivity index (χ3n) is 4.92. The van der Waals surface area contributed by atoms with E-state index in [2.05, 4.69) is 5.32 Å². The van der Waals surface area contributed by atoms with Gasteiger partial charge in [-0.1, -0.05) is 19.1 Å². The van der Waals surface area contributed by atoms with Crippen LogP contribution in [0.3, 0.4) is 0 Å². The summed E-state index contributed by atoms with van der Waals surface area (Å²) in [6.45, 7) is 3.92. The average Bonchev–Trinajstić information content (AvgIpc) is 2.73. The van der Waals surface area contributed by atoms with Crippen LogP contribution in [0.2, 0.25) is 0 Å². The molecule has 1 aromatic heterocycles. The number of carbonyl (C=O) groups is 1. The monoisotopic (exact) mass is 444 g/mol. The number of hydrogen-bond acceptors (Lipinski definition) is 6. The number of benzene rings is 2. The number of amides is 1. The van der Waals surface area contributed by atoms with Crippen molar-refractivity contribution < 1.29 is 22.4 Å². The molecule has 1 amide bonds. The van der Waals surface area contributed by atoms with E-state index in [1.807, 2.05) is 13.0 Å². The first-order chi connectivity index (χ1) is 14.7. The summed E-state index contributed by atoms with van der Waals surface area (Å²) in [6.07, 6.45) is 1.23. The van der Waals surface area contributed by atoms with Gasteiger partial charge in [-0.3, -0.25) is 4.79 Å². The number of hydrogen-bond donors (Lipinski definition) is 2. The zero-order valence-corrected chi connectivity index (χ0v) is 18.1. The first-order valence-corrected chi connectivity index (χ1v) is 11.3. The van der Waals surface area contributed by atoms with E-state index in [0.717, 1.165) is 16.5 Å². The van der Waals surface area contributed by atoms with Crippen molar-refractivity contribution in [2.45, 2.75) is 31.6 Å². The molecule has 0 unspecified atom stereocenters. The predicted molar refractivity (Wildman–Crippen MR) is 117 cm³/mol. The summed E-state index contributed by atoms with van der Waals surface area (Å²) in [7, 11) is -3.72. The molecule has 0 bridgehead atoms. The maximum Gasteiger partial charge on any atom is 0.336 e. The van der Waals surface area contributed by atoms with Crippen molar-refractivity contribution in [2.75, 3.05) is 13.2 Å². The van der Waals surface area contributed by atoms with Crippen LogP contribution < -0.4 is 20.8 Å². The van der Waals surface area contributed by atoms with Crippen molar-refractivity contribution in [3.63, 3.8) is 0 Å². The Morgan fingerprint density at radius 3 is 2.52 bits per heavy atom. The van der Waals surface area contributed by atoms with Crippen LogP contribution in [-0.2, 0) is 27.7 Å². The molecule has 0 radical (unpaired) electrons. The van der Waals surface area contributed by atoms with Crippen LogP contribution >= 0.6 is 0 Å². The van der Waals surface area contributed by atoms with Gasteiger partial charge in [0.15, 0.2) is 6.61 Å². The van der Waals surface area contributed by atoms with Crippen molar-refractivity contribution >= 4 is 26.9 Å². The predicted octanol–water partition coefficient (Wildman–Crippen LogP) is 2.05. The Kier molecular flexibility index (Phi) is 6.77. The lowest BCUT2D eigenvalue weighted by Gasteiger charge is -2.12. The SMILES string of the molecule is CCc1cc(=O)oc2c(C)c(OCC(=O)NCCc3ccc(S(N)(=O)=O)cc3)ccc12. The van der Waals surface area contributed by atoms with Crippen molar-refractivity contribution in [1.29, 1.82) is 0 Å². The lowest BCUT2D eigenvalue weighted by atomic mass is 10.0. The molecule has 0 spiro atoms. The zero-order chi connectivity index (χ0) is 22.6. The fourth-order valence-corrected chi connectivity index (χ4v) is 3.76. The van der Waals surface area contributed by atoms with Gasteiger partial charge in [-0.05, 0) is 55.2 Å². The van der Waals surface area contributed by atoms with Gasteiger partial charge in [0.1, 0.15) is 11.3 Å². The second-order valence-corrected chi connectivity index (χ2v) is 8.65. The van der Waals surface area contributed by atoms with E-state index in [-0.39, 0.29) is 17.4 Å². The molecule has 2 aromatic carbocycles. The molecule has 9 heteroatoms. The quantitative estimate of drug-likeness (QED) is 0.512. The fraction of sp³-hybridized carbons (Fsp3) is 0.273. The van der Waals surface area contributed by atoms with Crippen molar-refractivity contribution in [3.8, 4) is 5.75 Å². The molecule has 0 aliphatic rings. The van der Waals surface area contributed by atoms with E-state index in [1.54, 1.807) is 25.1 Å². The third-order valence-corrected chi connectivity index (χ3v) is 5.85. The molecule has 0 atom stereocenters. The van der Waals surface area contributed by atoms with Gasteiger partial charge < -0.3 is 14.5 Å². The van der Waals surface area contributed by atoms with Crippen LogP contribution in [-0.4, -0.2) is 27.5 Å². The van der Waals surface area contributed by atoms with Gasteiger partial charge in [0.25, 0.3) is 5.91 Å². The summed E-state index contributed by atoms with van der Waals surface area (Å²) in [5.74, 6) is 0.169. The third kappa shape index (κ3) is 5.50. The number of ether oxygens (including phenoxy) is 1. The number of sulfonamides is 1. The second kappa shape index (κ2) is 9.32. The molecular weight excluding hydrogens is 420 g/mol. The zero-order valence-electron chi connectivity index (χ0n) is 17.3. The summed E-state index contributed by atoms with van der Waals surface area (Å²) < 4.78 is 33.5. The van der Waals surface area contributed by atoms with Gasteiger partial charge >= 0.3 is 5.63 Å². The van der Waals surface area contributed by atoms with Crippen molar-refractivity contribution in [2.24, 2.45) is 5.14 Å². The first kappa shape index (κ1) is 22.5. The van der Waals surface area contributed by atoms with Crippen LogP contribution in [0.5, 0.6) is 5.75 Å². The Morgan fingerprint density at radius 1 is 1.16 bits per heavy atom. The molecule has 0 aliphatic heterocycles. The summed E-state index contributed by atoms with van der Waals surface area (Å²) >= 11 is 0. The molecular formula is C22H24N2O6S. The van der Waals surface area contributed by atoms with Crippen LogP contribution in [0.1, 0.15) is 23.6 Å². The Balaban J connectivity index is 1.57. The highest BCUT2D eigenvalue weighted by Crippen LogP contribution is 2.28. The van der Waals surface area contributed by atoms with Gasteiger partial charge in [0, 0.05) is 23.6 Å². The molecule has 31 heavy (non-hydrogen) atoms. The number of aryl methyl sites for hydroxylation is 2. The van der Waals surface area contributed by atoms with Crippen LogP contribution in [0.25, 0.3) is 11.0 Å². The molecule has 164 valence electrons. The summed E-state index contributed by atoms with van der Waals surface area (Å²) in [4.78, 5) is 23.9. The number of fused-ring (bicyclic) bond motifs is 1. The lowest BCUT2D eigenvalue weighted by molar-refractivity contribution is -0.123. The highest BCUT2D eigenvalue weighted by atomic mass is 32.2. The molecule has 8 nitrogen and oxygen atoms in total. The maximum atomic E-state index is 12.1. The second-order valence-electron chi connectivity index (χ2n) is 7.09. The number of nitrogens with one attached hydrogen (secondary N) is 1. The van der Waals surface area contributed by atoms with Gasteiger partial charge in [0.05, 0.1) is 4.90 Å². The smallest absolute Gasteiger partial charge is 0.336 e. The molecule has 3 rings (SSSR count). The molecule has 1 heterocycles. The average molecular weight is 445 g/mol. The van der Waals surface area contributed by atoms with Gasteiger partial charge in [-0.2, -0.15) is 0 Å². The topological polar surface area (TPSA) is 129 Å². The minimum Gasteiger partial charge on any atom is -0.483 e. The Labute approximate surface area is 180 Å². The molecule has 0 aliphatic carbocycles.